The minimum Gasteiger partial charge on any atom is -0.309 e. The molecule has 0 aliphatic carbocycles. The van der Waals surface area contributed by atoms with Gasteiger partial charge >= 0.3 is 0 Å². The summed E-state index contributed by atoms with van der Waals surface area (Å²) < 4.78 is 3.04. The van der Waals surface area contributed by atoms with Gasteiger partial charge in [-0.05, 0) is 30.5 Å². The van der Waals surface area contributed by atoms with Crippen LogP contribution in [0.2, 0.25) is 0 Å². The van der Waals surface area contributed by atoms with Crippen molar-refractivity contribution in [3.05, 3.63) is 69.7 Å². The summed E-state index contributed by atoms with van der Waals surface area (Å²) in [6.45, 7) is 8.11. The zero-order valence-electron chi connectivity index (χ0n) is 17.3. The molecule has 1 aromatic carbocycles. The molecule has 4 aromatic rings. The Bertz CT molecular complexity index is 1280. The van der Waals surface area contributed by atoms with Gasteiger partial charge in [0.15, 0.2) is 0 Å². The van der Waals surface area contributed by atoms with Crippen LogP contribution in [0.3, 0.4) is 0 Å². The minimum absolute atomic E-state index is 0.123. The second kappa shape index (κ2) is 7.53. The van der Waals surface area contributed by atoms with Crippen molar-refractivity contribution in [2.24, 2.45) is 0 Å². The van der Waals surface area contributed by atoms with E-state index in [1.54, 1.807) is 10.7 Å². The van der Waals surface area contributed by atoms with Crippen molar-refractivity contribution in [3.63, 3.8) is 0 Å². The number of carbonyl (C=O) groups is 1. The highest BCUT2D eigenvalue weighted by molar-refractivity contribution is 7.16. The Morgan fingerprint density at radius 1 is 1.17 bits per heavy atom. The topological polar surface area (TPSA) is 81.8 Å². The van der Waals surface area contributed by atoms with Crippen LogP contribution in [-0.2, 0) is 16.8 Å². The number of nitrogens with zero attached hydrogens (tertiary/aromatic N) is 4. The molecule has 1 N–H and O–H groups in total. The molecule has 0 aliphatic heterocycles. The van der Waals surface area contributed by atoms with Crippen LogP contribution >= 0.6 is 11.3 Å². The van der Waals surface area contributed by atoms with Gasteiger partial charge in [-0.15, -0.1) is 11.3 Å². The van der Waals surface area contributed by atoms with Crippen molar-refractivity contribution < 1.29 is 4.79 Å². The van der Waals surface area contributed by atoms with Gasteiger partial charge in [-0.1, -0.05) is 38.5 Å². The van der Waals surface area contributed by atoms with Crippen molar-refractivity contribution in [3.8, 4) is 5.69 Å². The van der Waals surface area contributed by atoms with Gasteiger partial charge in [0.2, 0.25) is 5.91 Å². The van der Waals surface area contributed by atoms with E-state index in [0.717, 1.165) is 16.9 Å². The lowest BCUT2D eigenvalue weighted by Crippen LogP contribution is -2.28. The smallest absolute Gasteiger partial charge is 0.262 e. The Morgan fingerprint density at radius 2 is 1.90 bits per heavy atom. The summed E-state index contributed by atoms with van der Waals surface area (Å²) in [5.41, 5.74) is 2.45. The van der Waals surface area contributed by atoms with Crippen LogP contribution in [0, 0.1) is 6.92 Å². The normalized spacial score (nSPS) is 11.7. The summed E-state index contributed by atoms with van der Waals surface area (Å²) in [7, 11) is 0. The maximum atomic E-state index is 12.8. The van der Waals surface area contributed by atoms with Gasteiger partial charge in [-0.25, -0.2) is 9.67 Å². The maximum absolute atomic E-state index is 12.8. The molecule has 3 aromatic heterocycles. The minimum atomic E-state index is -0.317. The lowest BCUT2D eigenvalue weighted by Gasteiger charge is -2.14. The van der Waals surface area contributed by atoms with Crippen LogP contribution in [0.5, 0.6) is 0 Å². The third-order valence-corrected chi connectivity index (χ3v) is 5.61. The lowest BCUT2D eigenvalue weighted by atomic mass is 9.92. The van der Waals surface area contributed by atoms with Crippen LogP contribution in [0.4, 0.5) is 5.82 Å². The Labute approximate surface area is 178 Å². The van der Waals surface area contributed by atoms with Crippen LogP contribution in [0.15, 0.2) is 52.9 Å². The van der Waals surface area contributed by atoms with E-state index < -0.39 is 0 Å². The van der Waals surface area contributed by atoms with E-state index in [9.17, 15) is 9.59 Å². The predicted molar refractivity (Wildman–Crippen MR) is 120 cm³/mol. The first-order valence-corrected chi connectivity index (χ1v) is 10.5. The number of hydrogen-bond acceptors (Lipinski definition) is 5. The van der Waals surface area contributed by atoms with Crippen molar-refractivity contribution in [2.75, 3.05) is 5.32 Å². The molecular weight excluding hydrogens is 398 g/mol. The third kappa shape index (κ3) is 3.91. The van der Waals surface area contributed by atoms with Crippen molar-refractivity contribution in [2.45, 2.75) is 39.7 Å². The average Bonchev–Trinajstić information content (AvgIpc) is 3.32. The summed E-state index contributed by atoms with van der Waals surface area (Å²) in [6, 6.07) is 11.5. The fourth-order valence-electron chi connectivity index (χ4n) is 3.06. The van der Waals surface area contributed by atoms with E-state index >= 15 is 0 Å². The Hall–Kier alpha value is -3.26. The highest BCUT2D eigenvalue weighted by atomic mass is 32.1. The molecule has 4 rings (SSSR count). The van der Waals surface area contributed by atoms with E-state index in [1.807, 2.05) is 42.6 Å². The number of benzene rings is 1. The molecule has 0 radical (unpaired) electrons. The number of amides is 1. The summed E-state index contributed by atoms with van der Waals surface area (Å²) in [5.74, 6) is 0.244. The number of rotatable bonds is 4. The molecule has 0 saturated heterocycles. The molecule has 0 fully saturated rings. The number of fused-ring (bicyclic) bond motifs is 1. The summed E-state index contributed by atoms with van der Waals surface area (Å²) in [5, 5.41) is 9.97. The molecule has 30 heavy (non-hydrogen) atoms. The van der Waals surface area contributed by atoms with Gasteiger partial charge in [0.1, 0.15) is 17.2 Å². The quantitative estimate of drug-likeness (QED) is 0.542. The molecule has 0 atom stereocenters. The first-order valence-electron chi connectivity index (χ1n) is 9.62. The van der Waals surface area contributed by atoms with Gasteiger partial charge in [0, 0.05) is 11.5 Å². The van der Waals surface area contributed by atoms with Crippen LogP contribution in [-0.4, -0.2) is 25.2 Å². The summed E-state index contributed by atoms with van der Waals surface area (Å²) in [6.07, 6.45) is 1.42. The lowest BCUT2D eigenvalue weighted by molar-refractivity contribution is -0.116. The van der Waals surface area contributed by atoms with E-state index in [2.05, 4.69) is 31.1 Å². The molecule has 7 nitrogen and oxygen atoms in total. The standard InChI is InChI=1S/C22H23N5O2S/c1-14-5-7-15(8-6-14)27-18(11-17(25-27)22(2,3)4)24-19(28)12-26-13-23-20-16(21(26)29)9-10-30-20/h5-11,13H,12H2,1-4H3,(H,24,28). The first kappa shape index (κ1) is 20.0. The molecule has 3 heterocycles. The van der Waals surface area contributed by atoms with E-state index in [4.69, 9.17) is 5.10 Å². The molecule has 8 heteroatoms. The van der Waals surface area contributed by atoms with Gasteiger partial charge < -0.3 is 5.32 Å². The van der Waals surface area contributed by atoms with Crippen molar-refractivity contribution in [1.29, 1.82) is 0 Å². The number of hydrogen-bond donors (Lipinski definition) is 1. The second-order valence-corrected chi connectivity index (χ2v) is 9.17. The second-order valence-electron chi connectivity index (χ2n) is 8.28. The van der Waals surface area contributed by atoms with Crippen LogP contribution in [0.1, 0.15) is 32.0 Å². The van der Waals surface area contributed by atoms with Gasteiger partial charge in [0.25, 0.3) is 5.56 Å². The highest BCUT2D eigenvalue weighted by Gasteiger charge is 2.21. The highest BCUT2D eigenvalue weighted by Crippen LogP contribution is 2.26. The SMILES string of the molecule is Cc1ccc(-n2nc(C(C)(C)C)cc2NC(=O)Cn2cnc3sccc3c2=O)cc1. The summed E-state index contributed by atoms with van der Waals surface area (Å²) in [4.78, 5) is 30.3. The van der Waals surface area contributed by atoms with Crippen LogP contribution < -0.4 is 10.9 Å². The fraction of sp³-hybridized carbons (Fsp3) is 0.273. The summed E-state index contributed by atoms with van der Waals surface area (Å²) >= 11 is 1.40. The van der Waals surface area contributed by atoms with E-state index in [0.29, 0.717) is 16.0 Å². The Balaban J connectivity index is 1.64. The van der Waals surface area contributed by atoms with Gasteiger partial charge in [0.05, 0.1) is 23.1 Å². The number of nitrogens with one attached hydrogen (secondary N) is 1. The first-order chi connectivity index (χ1) is 14.2. The molecule has 1 amide bonds. The Kier molecular flexibility index (Phi) is 5.03. The number of carbonyl (C=O) groups excluding carboxylic acids is 1. The maximum Gasteiger partial charge on any atom is 0.262 e. The molecule has 0 bridgehead atoms. The van der Waals surface area contributed by atoms with Crippen molar-refractivity contribution >= 4 is 33.3 Å². The van der Waals surface area contributed by atoms with Crippen molar-refractivity contribution in [1.82, 2.24) is 19.3 Å². The van der Waals surface area contributed by atoms with Gasteiger partial charge in [-0.3, -0.25) is 14.2 Å². The molecule has 0 spiro atoms. The average molecular weight is 422 g/mol. The number of thiophene rings is 1. The third-order valence-electron chi connectivity index (χ3n) is 4.79. The number of aromatic nitrogens is 4. The fourth-order valence-corrected chi connectivity index (χ4v) is 3.79. The van der Waals surface area contributed by atoms with E-state index in [-0.39, 0.29) is 23.4 Å². The number of anilines is 1. The van der Waals surface area contributed by atoms with E-state index in [1.165, 1.54) is 22.2 Å². The molecule has 0 aliphatic rings. The monoisotopic (exact) mass is 421 g/mol. The molecular formula is C22H23N5O2S. The zero-order valence-corrected chi connectivity index (χ0v) is 18.2. The number of aryl methyl sites for hydroxylation is 1. The Morgan fingerprint density at radius 3 is 2.60 bits per heavy atom. The van der Waals surface area contributed by atoms with Gasteiger partial charge in [-0.2, -0.15) is 5.10 Å². The largest absolute Gasteiger partial charge is 0.309 e. The molecule has 154 valence electrons. The zero-order chi connectivity index (χ0) is 21.5. The molecule has 0 saturated carbocycles. The van der Waals surface area contributed by atoms with Crippen LogP contribution in [0.25, 0.3) is 15.9 Å². The molecule has 0 unspecified atom stereocenters. The predicted octanol–water partition coefficient (Wildman–Crippen LogP) is 3.89.